The van der Waals surface area contributed by atoms with E-state index in [0.29, 0.717) is 23.7 Å². The minimum Gasteiger partial charge on any atom is -0.492 e. The number of thiazole rings is 1. The van der Waals surface area contributed by atoms with Crippen LogP contribution in [0.5, 0.6) is 5.75 Å². The molecule has 0 fully saturated rings. The topological polar surface area (TPSA) is 81.1 Å². The molecule has 3 aromatic rings. The third-order valence-electron chi connectivity index (χ3n) is 3.74. The number of carbonyl (C=O) groups is 1. The minimum absolute atomic E-state index is 0.338. The van der Waals surface area contributed by atoms with Crippen LogP contribution in [0.1, 0.15) is 17.5 Å². The number of anilines is 2. The van der Waals surface area contributed by atoms with Crippen LogP contribution in [0.3, 0.4) is 0 Å². The number of hydrogen-bond donors (Lipinski definition) is 2. The number of nitrogens with zero attached hydrogens (tertiary/aromatic N) is 3. The fraction of sp³-hybridized carbons (Fsp3) is 0.278. The Morgan fingerprint density at radius 1 is 1.31 bits per heavy atom. The van der Waals surface area contributed by atoms with Crippen molar-refractivity contribution in [2.45, 2.75) is 26.8 Å². The predicted molar refractivity (Wildman–Crippen MR) is 103 cm³/mol. The van der Waals surface area contributed by atoms with Crippen molar-refractivity contribution in [1.29, 1.82) is 0 Å². The van der Waals surface area contributed by atoms with Crippen molar-refractivity contribution in [2.75, 3.05) is 17.2 Å². The van der Waals surface area contributed by atoms with Crippen molar-refractivity contribution in [3.05, 3.63) is 52.7 Å². The van der Waals surface area contributed by atoms with Gasteiger partial charge in [-0.2, -0.15) is 5.10 Å². The highest BCUT2D eigenvalue weighted by Crippen LogP contribution is 2.23. The smallest absolute Gasteiger partial charge is 0.323 e. The third kappa shape index (κ3) is 4.60. The lowest BCUT2D eigenvalue weighted by Crippen LogP contribution is -2.19. The van der Waals surface area contributed by atoms with Gasteiger partial charge in [0.2, 0.25) is 0 Å². The first-order valence-electron chi connectivity index (χ1n) is 8.37. The van der Waals surface area contributed by atoms with Gasteiger partial charge in [-0.15, -0.1) is 11.3 Å². The molecule has 0 saturated carbocycles. The SMILES string of the molecule is CCOc1ccccc1NC(=O)Nc1cnn(CCc2scnc2C)c1. The lowest BCUT2D eigenvalue weighted by molar-refractivity contribution is 0.262. The normalized spacial score (nSPS) is 10.5. The Hall–Kier alpha value is -2.87. The van der Waals surface area contributed by atoms with Crippen molar-refractivity contribution in [1.82, 2.24) is 14.8 Å². The van der Waals surface area contributed by atoms with E-state index in [4.69, 9.17) is 4.74 Å². The van der Waals surface area contributed by atoms with Gasteiger partial charge in [-0.3, -0.25) is 4.68 Å². The minimum atomic E-state index is -0.338. The summed E-state index contributed by atoms with van der Waals surface area (Å²) in [6.45, 7) is 5.18. The molecule has 0 saturated heterocycles. The molecule has 0 aliphatic carbocycles. The lowest BCUT2D eigenvalue weighted by atomic mass is 10.3. The lowest BCUT2D eigenvalue weighted by Gasteiger charge is -2.11. The summed E-state index contributed by atoms with van der Waals surface area (Å²) in [7, 11) is 0. The van der Waals surface area contributed by atoms with Crippen LogP contribution in [-0.2, 0) is 13.0 Å². The summed E-state index contributed by atoms with van der Waals surface area (Å²) in [6, 6.07) is 6.99. The molecule has 8 heteroatoms. The quantitative estimate of drug-likeness (QED) is 0.659. The summed E-state index contributed by atoms with van der Waals surface area (Å²) in [6.07, 6.45) is 4.31. The molecule has 0 atom stereocenters. The molecule has 2 N–H and O–H groups in total. The molecule has 0 aliphatic heterocycles. The summed E-state index contributed by atoms with van der Waals surface area (Å²) in [4.78, 5) is 17.7. The highest BCUT2D eigenvalue weighted by molar-refractivity contribution is 7.09. The van der Waals surface area contributed by atoms with Gasteiger partial charge in [-0.25, -0.2) is 9.78 Å². The van der Waals surface area contributed by atoms with Gasteiger partial charge in [0.05, 0.1) is 35.4 Å². The van der Waals surface area contributed by atoms with Gasteiger partial charge in [-0.1, -0.05) is 12.1 Å². The van der Waals surface area contributed by atoms with E-state index in [2.05, 4.69) is 20.7 Å². The molecule has 0 aliphatic rings. The summed E-state index contributed by atoms with van der Waals surface area (Å²) in [5.74, 6) is 0.640. The first-order valence-corrected chi connectivity index (χ1v) is 9.25. The molecule has 0 unspecified atom stereocenters. The zero-order valence-corrected chi connectivity index (χ0v) is 15.5. The number of benzene rings is 1. The van der Waals surface area contributed by atoms with Gasteiger partial charge in [0, 0.05) is 24.0 Å². The molecule has 2 heterocycles. The number of ether oxygens (including phenoxy) is 1. The summed E-state index contributed by atoms with van der Waals surface area (Å²) < 4.78 is 7.31. The zero-order valence-electron chi connectivity index (χ0n) is 14.7. The number of carbonyl (C=O) groups excluding carboxylic acids is 1. The zero-order chi connectivity index (χ0) is 18.4. The Kier molecular flexibility index (Phi) is 5.85. The van der Waals surface area contributed by atoms with Gasteiger partial charge in [0.1, 0.15) is 5.75 Å². The maximum atomic E-state index is 12.2. The average Bonchev–Trinajstić information content (AvgIpc) is 3.23. The van der Waals surface area contributed by atoms with Crippen LogP contribution in [0.25, 0.3) is 0 Å². The number of nitrogens with one attached hydrogen (secondary N) is 2. The highest BCUT2D eigenvalue weighted by atomic mass is 32.1. The maximum Gasteiger partial charge on any atom is 0.323 e. The van der Waals surface area contributed by atoms with Gasteiger partial charge in [0.15, 0.2) is 0 Å². The van der Waals surface area contributed by atoms with Crippen LogP contribution in [0.15, 0.2) is 42.2 Å². The van der Waals surface area contributed by atoms with E-state index < -0.39 is 0 Å². The van der Waals surface area contributed by atoms with E-state index in [9.17, 15) is 4.79 Å². The summed E-state index contributed by atoms with van der Waals surface area (Å²) in [5, 5.41) is 9.87. The van der Waals surface area contributed by atoms with E-state index in [0.717, 1.165) is 18.7 Å². The van der Waals surface area contributed by atoms with Gasteiger partial charge in [-0.05, 0) is 26.0 Å². The van der Waals surface area contributed by atoms with Crippen LogP contribution in [0, 0.1) is 6.92 Å². The average molecular weight is 371 g/mol. The predicted octanol–water partition coefficient (Wildman–Crippen LogP) is 3.93. The molecule has 136 valence electrons. The number of amides is 2. The van der Waals surface area contributed by atoms with Crippen molar-refractivity contribution >= 4 is 28.7 Å². The van der Waals surface area contributed by atoms with Crippen LogP contribution < -0.4 is 15.4 Å². The van der Waals surface area contributed by atoms with Gasteiger partial charge in [0.25, 0.3) is 0 Å². The van der Waals surface area contributed by atoms with Gasteiger partial charge < -0.3 is 15.4 Å². The van der Waals surface area contributed by atoms with Crippen molar-refractivity contribution in [2.24, 2.45) is 0 Å². The van der Waals surface area contributed by atoms with E-state index in [1.807, 2.05) is 48.4 Å². The van der Waals surface area contributed by atoms with Crippen LogP contribution in [0.4, 0.5) is 16.2 Å². The van der Waals surface area contributed by atoms with E-state index in [1.54, 1.807) is 23.6 Å². The molecule has 2 amide bonds. The van der Waals surface area contributed by atoms with Crippen molar-refractivity contribution in [3.8, 4) is 5.75 Å². The molecule has 0 radical (unpaired) electrons. The highest BCUT2D eigenvalue weighted by Gasteiger charge is 2.09. The van der Waals surface area contributed by atoms with Gasteiger partial charge >= 0.3 is 6.03 Å². The molecular formula is C18H21N5O2S. The Morgan fingerprint density at radius 3 is 2.92 bits per heavy atom. The molecule has 0 spiro atoms. The van der Waals surface area contributed by atoms with Crippen molar-refractivity contribution < 1.29 is 9.53 Å². The van der Waals surface area contributed by atoms with Crippen LogP contribution in [0.2, 0.25) is 0 Å². The number of rotatable bonds is 7. The second-order valence-electron chi connectivity index (χ2n) is 5.61. The maximum absolute atomic E-state index is 12.2. The fourth-order valence-electron chi connectivity index (χ4n) is 2.47. The Bertz CT molecular complexity index is 874. The van der Waals surface area contributed by atoms with Crippen LogP contribution in [-0.4, -0.2) is 27.4 Å². The standard InChI is InChI=1S/C18H21N5O2S/c1-3-25-16-7-5-4-6-15(16)22-18(24)21-14-10-20-23(11-14)9-8-17-13(2)19-12-26-17/h4-7,10-12H,3,8-9H2,1-2H3,(H2,21,22,24). The fourth-order valence-corrected chi connectivity index (χ4v) is 3.24. The second-order valence-corrected chi connectivity index (χ2v) is 6.55. The molecule has 1 aromatic carbocycles. The first kappa shape index (κ1) is 17.9. The molecular weight excluding hydrogens is 350 g/mol. The van der Waals surface area contributed by atoms with E-state index >= 15 is 0 Å². The summed E-state index contributed by atoms with van der Waals surface area (Å²) in [5.41, 5.74) is 4.18. The Morgan fingerprint density at radius 2 is 2.15 bits per heavy atom. The molecule has 7 nitrogen and oxygen atoms in total. The number of aryl methyl sites for hydroxylation is 3. The molecule has 26 heavy (non-hydrogen) atoms. The molecule has 3 rings (SSSR count). The van der Waals surface area contributed by atoms with E-state index in [-0.39, 0.29) is 6.03 Å². The van der Waals surface area contributed by atoms with Crippen molar-refractivity contribution in [3.63, 3.8) is 0 Å². The van der Waals surface area contributed by atoms with E-state index in [1.165, 1.54) is 4.88 Å². The monoisotopic (exact) mass is 371 g/mol. The second kappa shape index (κ2) is 8.48. The largest absolute Gasteiger partial charge is 0.492 e. The first-order chi connectivity index (χ1) is 12.7. The molecule has 0 bridgehead atoms. The number of urea groups is 1. The Balaban J connectivity index is 1.55. The third-order valence-corrected chi connectivity index (χ3v) is 4.73. The Labute approximate surface area is 156 Å². The summed E-state index contributed by atoms with van der Waals surface area (Å²) >= 11 is 1.65. The number of aromatic nitrogens is 3. The molecule has 2 aromatic heterocycles. The number of hydrogen-bond acceptors (Lipinski definition) is 5. The van der Waals surface area contributed by atoms with Crippen LogP contribution >= 0.6 is 11.3 Å². The number of para-hydroxylation sites is 2.